The summed E-state index contributed by atoms with van der Waals surface area (Å²) in [6.07, 6.45) is 2.11. The van der Waals surface area contributed by atoms with Crippen LogP contribution in [0.2, 0.25) is 0 Å². The van der Waals surface area contributed by atoms with E-state index in [9.17, 15) is 0 Å². The topological polar surface area (TPSA) is 38.9 Å². The van der Waals surface area contributed by atoms with Crippen LogP contribution in [0.5, 0.6) is 0 Å². The summed E-state index contributed by atoms with van der Waals surface area (Å²) in [4.78, 5) is 4.23. The Kier molecular flexibility index (Phi) is 2.83. The molecule has 2 aromatic rings. The van der Waals surface area contributed by atoms with Crippen LogP contribution in [0.4, 0.5) is 5.13 Å². The van der Waals surface area contributed by atoms with Gasteiger partial charge in [-0.1, -0.05) is 30.3 Å². The van der Waals surface area contributed by atoms with Gasteiger partial charge in [-0.15, -0.1) is 11.3 Å². The SMILES string of the molecule is C/C(=C\c1ccccc1)c1csc(N)n1. The molecule has 1 heterocycles. The average Bonchev–Trinajstić information content (AvgIpc) is 2.66. The summed E-state index contributed by atoms with van der Waals surface area (Å²) < 4.78 is 0. The third-order valence-electron chi connectivity index (χ3n) is 2.11. The normalized spacial score (nSPS) is 11.7. The van der Waals surface area contributed by atoms with E-state index in [1.165, 1.54) is 16.9 Å². The Hall–Kier alpha value is -1.61. The molecule has 0 saturated heterocycles. The van der Waals surface area contributed by atoms with E-state index >= 15 is 0 Å². The maximum Gasteiger partial charge on any atom is 0.180 e. The van der Waals surface area contributed by atoms with Crippen LogP contribution in [-0.4, -0.2) is 4.98 Å². The van der Waals surface area contributed by atoms with Crippen LogP contribution in [0, 0.1) is 0 Å². The summed E-state index contributed by atoms with van der Waals surface area (Å²) in [5.41, 5.74) is 8.87. The highest BCUT2D eigenvalue weighted by atomic mass is 32.1. The number of hydrogen-bond acceptors (Lipinski definition) is 3. The number of benzene rings is 1. The van der Waals surface area contributed by atoms with Crippen LogP contribution < -0.4 is 5.73 Å². The second-order valence-electron chi connectivity index (χ2n) is 3.31. The average molecular weight is 216 g/mol. The van der Waals surface area contributed by atoms with E-state index in [1.54, 1.807) is 0 Å². The molecule has 0 unspecified atom stereocenters. The van der Waals surface area contributed by atoms with E-state index in [1.807, 2.05) is 30.5 Å². The molecule has 2 N–H and O–H groups in total. The molecule has 3 heteroatoms. The fourth-order valence-corrected chi connectivity index (χ4v) is 1.96. The molecule has 1 aromatic heterocycles. The Morgan fingerprint density at radius 3 is 2.67 bits per heavy atom. The molecule has 76 valence electrons. The fraction of sp³-hybridized carbons (Fsp3) is 0.0833. The van der Waals surface area contributed by atoms with Gasteiger partial charge < -0.3 is 5.73 Å². The molecule has 1 aromatic carbocycles. The van der Waals surface area contributed by atoms with Crippen molar-refractivity contribution in [2.24, 2.45) is 0 Å². The highest BCUT2D eigenvalue weighted by molar-refractivity contribution is 7.13. The zero-order valence-corrected chi connectivity index (χ0v) is 9.29. The van der Waals surface area contributed by atoms with Crippen molar-refractivity contribution in [3.63, 3.8) is 0 Å². The lowest BCUT2D eigenvalue weighted by atomic mass is 10.1. The Morgan fingerprint density at radius 1 is 1.33 bits per heavy atom. The van der Waals surface area contributed by atoms with Gasteiger partial charge in [-0.3, -0.25) is 0 Å². The molecule has 2 nitrogen and oxygen atoms in total. The first-order valence-electron chi connectivity index (χ1n) is 4.70. The molecule has 2 rings (SSSR count). The Morgan fingerprint density at radius 2 is 2.07 bits per heavy atom. The largest absolute Gasteiger partial charge is 0.375 e. The van der Waals surface area contributed by atoms with E-state index in [4.69, 9.17) is 5.73 Å². The van der Waals surface area contributed by atoms with Gasteiger partial charge in [0.25, 0.3) is 0 Å². The summed E-state index contributed by atoms with van der Waals surface area (Å²) in [5, 5.41) is 2.59. The van der Waals surface area contributed by atoms with Gasteiger partial charge in [-0.05, 0) is 24.1 Å². The first kappa shape index (κ1) is 9.93. The summed E-state index contributed by atoms with van der Waals surface area (Å²) in [5.74, 6) is 0. The van der Waals surface area contributed by atoms with Crippen molar-refractivity contribution in [3.05, 3.63) is 47.0 Å². The zero-order valence-electron chi connectivity index (χ0n) is 8.47. The number of thiazole rings is 1. The van der Waals surface area contributed by atoms with Gasteiger partial charge >= 0.3 is 0 Å². The van der Waals surface area contributed by atoms with Gasteiger partial charge in [0.1, 0.15) is 0 Å². The van der Waals surface area contributed by atoms with Crippen molar-refractivity contribution in [1.82, 2.24) is 4.98 Å². The number of allylic oxidation sites excluding steroid dienone is 1. The minimum atomic E-state index is 0.616. The summed E-state index contributed by atoms with van der Waals surface area (Å²) in [6.45, 7) is 2.04. The second-order valence-corrected chi connectivity index (χ2v) is 4.20. The molecule has 0 fully saturated rings. The van der Waals surface area contributed by atoms with Crippen LogP contribution in [0.3, 0.4) is 0 Å². The summed E-state index contributed by atoms with van der Waals surface area (Å²) >= 11 is 1.47. The van der Waals surface area contributed by atoms with E-state index in [0.717, 1.165) is 11.3 Å². The van der Waals surface area contributed by atoms with Crippen molar-refractivity contribution in [3.8, 4) is 0 Å². The molecule has 0 spiro atoms. The first-order valence-corrected chi connectivity index (χ1v) is 5.58. The second kappa shape index (κ2) is 4.28. The summed E-state index contributed by atoms with van der Waals surface area (Å²) in [6, 6.07) is 10.2. The van der Waals surface area contributed by atoms with Crippen molar-refractivity contribution in [1.29, 1.82) is 0 Å². The van der Waals surface area contributed by atoms with Crippen molar-refractivity contribution >= 4 is 28.1 Å². The van der Waals surface area contributed by atoms with Crippen LogP contribution in [-0.2, 0) is 0 Å². The zero-order chi connectivity index (χ0) is 10.7. The van der Waals surface area contributed by atoms with Gasteiger partial charge in [-0.2, -0.15) is 0 Å². The third kappa shape index (κ3) is 2.44. The van der Waals surface area contributed by atoms with E-state index in [2.05, 4.69) is 23.2 Å². The summed E-state index contributed by atoms with van der Waals surface area (Å²) in [7, 11) is 0. The smallest absolute Gasteiger partial charge is 0.180 e. The molecule has 15 heavy (non-hydrogen) atoms. The number of rotatable bonds is 2. The molecular formula is C12H12N2S. The van der Waals surface area contributed by atoms with Gasteiger partial charge in [-0.25, -0.2) is 4.98 Å². The third-order valence-corrected chi connectivity index (χ3v) is 2.78. The van der Waals surface area contributed by atoms with Gasteiger partial charge in [0.15, 0.2) is 5.13 Å². The number of nitrogen functional groups attached to an aromatic ring is 1. The van der Waals surface area contributed by atoms with E-state index in [0.29, 0.717) is 5.13 Å². The van der Waals surface area contributed by atoms with Crippen LogP contribution in [0.25, 0.3) is 11.6 Å². The minimum absolute atomic E-state index is 0.616. The molecule has 0 radical (unpaired) electrons. The Bertz CT molecular complexity index is 471. The first-order chi connectivity index (χ1) is 7.25. The molecule has 0 aliphatic carbocycles. The highest BCUT2D eigenvalue weighted by Crippen LogP contribution is 2.20. The van der Waals surface area contributed by atoms with Crippen molar-refractivity contribution < 1.29 is 0 Å². The fourth-order valence-electron chi connectivity index (χ4n) is 1.34. The maximum atomic E-state index is 5.59. The number of hydrogen-bond donors (Lipinski definition) is 1. The number of aromatic nitrogens is 1. The lowest BCUT2D eigenvalue weighted by Crippen LogP contribution is -1.84. The molecule has 0 bridgehead atoms. The predicted octanol–water partition coefficient (Wildman–Crippen LogP) is 3.29. The molecular weight excluding hydrogens is 204 g/mol. The molecule has 0 atom stereocenters. The van der Waals surface area contributed by atoms with Crippen LogP contribution >= 0.6 is 11.3 Å². The van der Waals surface area contributed by atoms with Crippen LogP contribution in [0.1, 0.15) is 18.2 Å². The molecule has 0 aliphatic heterocycles. The van der Waals surface area contributed by atoms with Gasteiger partial charge in [0, 0.05) is 5.38 Å². The van der Waals surface area contributed by atoms with E-state index in [-0.39, 0.29) is 0 Å². The quantitative estimate of drug-likeness (QED) is 0.836. The Labute approximate surface area is 93.1 Å². The number of anilines is 1. The molecule has 0 saturated carbocycles. The van der Waals surface area contributed by atoms with E-state index < -0.39 is 0 Å². The van der Waals surface area contributed by atoms with Crippen molar-refractivity contribution in [2.45, 2.75) is 6.92 Å². The monoisotopic (exact) mass is 216 g/mol. The maximum absolute atomic E-state index is 5.59. The minimum Gasteiger partial charge on any atom is -0.375 e. The Balaban J connectivity index is 2.28. The lowest BCUT2D eigenvalue weighted by molar-refractivity contribution is 1.35. The standard InChI is InChI=1S/C12H12N2S/c1-9(11-8-15-12(13)14-11)7-10-5-3-2-4-6-10/h2-8H,1H3,(H2,13,14)/b9-7+. The van der Waals surface area contributed by atoms with Gasteiger partial charge in [0.2, 0.25) is 0 Å². The highest BCUT2D eigenvalue weighted by Gasteiger charge is 2.00. The van der Waals surface area contributed by atoms with Crippen molar-refractivity contribution in [2.75, 3.05) is 5.73 Å². The number of nitrogens with two attached hydrogens (primary N) is 1. The molecule has 0 aliphatic rings. The van der Waals surface area contributed by atoms with Crippen LogP contribution in [0.15, 0.2) is 35.7 Å². The lowest BCUT2D eigenvalue weighted by Gasteiger charge is -1.96. The molecule has 0 amide bonds. The van der Waals surface area contributed by atoms with Gasteiger partial charge in [0.05, 0.1) is 5.69 Å². The predicted molar refractivity (Wildman–Crippen MR) is 66.5 cm³/mol. The number of nitrogens with zero attached hydrogens (tertiary/aromatic N) is 1.